The Morgan fingerprint density at radius 3 is 2.00 bits per heavy atom. The van der Waals surface area contributed by atoms with Gasteiger partial charge in [-0.2, -0.15) is 0 Å². The summed E-state index contributed by atoms with van der Waals surface area (Å²) in [5.41, 5.74) is 6.77. The van der Waals surface area contributed by atoms with E-state index in [2.05, 4.69) is 70.2 Å². The highest BCUT2D eigenvalue weighted by molar-refractivity contribution is 5.91. The lowest BCUT2D eigenvalue weighted by Gasteiger charge is -2.53. The Bertz CT molecular complexity index is 1050. The zero-order valence-electron chi connectivity index (χ0n) is 18.9. The van der Waals surface area contributed by atoms with E-state index >= 15 is 0 Å². The molecule has 0 spiro atoms. The average Bonchev–Trinajstić information content (AvgIpc) is 2.74. The number of rotatable bonds is 7. The summed E-state index contributed by atoms with van der Waals surface area (Å²) in [5, 5.41) is 2.28. The van der Waals surface area contributed by atoms with Crippen LogP contribution < -0.4 is 10.5 Å². The molecule has 0 saturated heterocycles. The molecule has 3 heteroatoms. The second kappa shape index (κ2) is 8.14. The molecule has 2 N–H and O–H groups in total. The van der Waals surface area contributed by atoms with Crippen molar-refractivity contribution >= 4 is 16.7 Å². The van der Waals surface area contributed by atoms with Crippen LogP contribution in [0.1, 0.15) is 45.7 Å². The minimum absolute atomic E-state index is 0.00119. The molecule has 0 aromatic heterocycles. The number of ether oxygens (including phenoxy) is 1. The van der Waals surface area contributed by atoms with Crippen LogP contribution in [0.5, 0.6) is 5.75 Å². The molecular weight excluding hydrogens is 370 g/mol. The number of hydrogen-bond donors (Lipinski definition) is 1. The van der Waals surface area contributed by atoms with Crippen molar-refractivity contribution in [1.29, 1.82) is 0 Å². The van der Waals surface area contributed by atoms with Crippen LogP contribution in [0.2, 0.25) is 0 Å². The molecule has 0 aliphatic heterocycles. The molecule has 0 radical (unpaired) electrons. The summed E-state index contributed by atoms with van der Waals surface area (Å²) >= 11 is 0. The molecule has 2 unspecified atom stereocenters. The van der Waals surface area contributed by atoms with E-state index in [1.165, 1.54) is 0 Å². The first-order valence-corrected chi connectivity index (χ1v) is 10.6. The fourth-order valence-electron chi connectivity index (χ4n) is 5.40. The molecule has 3 rings (SSSR count). The number of hydrogen-bond acceptors (Lipinski definition) is 2. The van der Waals surface area contributed by atoms with Gasteiger partial charge in [0.05, 0.1) is 12.5 Å². The van der Waals surface area contributed by atoms with Crippen molar-refractivity contribution in [3.05, 3.63) is 77.9 Å². The van der Waals surface area contributed by atoms with Crippen LogP contribution >= 0.6 is 0 Å². The Morgan fingerprint density at radius 1 is 0.833 bits per heavy atom. The van der Waals surface area contributed by atoms with Gasteiger partial charge >= 0.3 is 0 Å². The van der Waals surface area contributed by atoms with E-state index in [1.54, 1.807) is 7.11 Å². The van der Waals surface area contributed by atoms with E-state index in [0.29, 0.717) is 0 Å². The van der Waals surface area contributed by atoms with Gasteiger partial charge < -0.3 is 10.5 Å². The van der Waals surface area contributed by atoms with Gasteiger partial charge in [0.25, 0.3) is 0 Å². The smallest absolute Gasteiger partial charge is 0.224 e. The number of fused-ring (bicyclic) bond motifs is 1. The number of benzene rings is 3. The molecule has 0 aliphatic carbocycles. The van der Waals surface area contributed by atoms with Gasteiger partial charge in [-0.1, -0.05) is 88.4 Å². The number of primary amides is 1. The third-order valence-corrected chi connectivity index (χ3v) is 7.10. The van der Waals surface area contributed by atoms with Crippen molar-refractivity contribution in [2.45, 2.75) is 40.0 Å². The van der Waals surface area contributed by atoms with Gasteiger partial charge in [-0.15, -0.1) is 0 Å². The fourth-order valence-corrected chi connectivity index (χ4v) is 5.40. The molecule has 0 heterocycles. The molecule has 1 amide bonds. The molecule has 30 heavy (non-hydrogen) atoms. The van der Waals surface area contributed by atoms with Crippen molar-refractivity contribution in [2.75, 3.05) is 7.11 Å². The van der Waals surface area contributed by atoms with Gasteiger partial charge in [0, 0.05) is 11.0 Å². The normalized spacial score (nSPS) is 15.7. The van der Waals surface area contributed by atoms with Crippen molar-refractivity contribution in [1.82, 2.24) is 0 Å². The highest BCUT2D eigenvalue weighted by Gasteiger charge is 2.59. The van der Waals surface area contributed by atoms with Crippen LogP contribution in [0.15, 0.2) is 66.7 Å². The number of methoxy groups -OCH3 is 1. The van der Waals surface area contributed by atoms with Crippen LogP contribution in [-0.4, -0.2) is 13.0 Å². The monoisotopic (exact) mass is 403 g/mol. The molecule has 158 valence electrons. The van der Waals surface area contributed by atoms with E-state index in [1.807, 2.05) is 31.2 Å². The predicted molar refractivity (Wildman–Crippen MR) is 125 cm³/mol. The zero-order chi connectivity index (χ0) is 22.1. The molecule has 0 aliphatic rings. The summed E-state index contributed by atoms with van der Waals surface area (Å²) in [5.74, 6) is 0.540. The highest BCUT2D eigenvalue weighted by atomic mass is 16.5. The molecule has 2 atom stereocenters. The van der Waals surface area contributed by atoms with E-state index in [9.17, 15) is 4.79 Å². The van der Waals surface area contributed by atoms with Crippen molar-refractivity contribution < 1.29 is 9.53 Å². The molecule has 3 aromatic carbocycles. The highest BCUT2D eigenvalue weighted by Crippen LogP contribution is 2.58. The largest absolute Gasteiger partial charge is 0.496 e. The average molecular weight is 404 g/mol. The first-order valence-electron chi connectivity index (χ1n) is 10.6. The van der Waals surface area contributed by atoms with Crippen molar-refractivity contribution in [2.24, 2.45) is 23.0 Å². The Balaban J connectivity index is 2.62. The number of carbonyl (C=O) groups excluding carboxylic acids is 1. The minimum Gasteiger partial charge on any atom is -0.496 e. The summed E-state index contributed by atoms with van der Waals surface area (Å²) in [6.45, 7) is 10.6. The fraction of sp³-hybridized carbons (Fsp3) is 0.370. The topological polar surface area (TPSA) is 52.3 Å². The first-order chi connectivity index (χ1) is 14.2. The summed E-state index contributed by atoms with van der Waals surface area (Å²) in [7, 11) is 1.68. The van der Waals surface area contributed by atoms with Gasteiger partial charge in [-0.25, -0.2) is 0 Å². The third-order valence-electron chi connectivity index (χ3n) is 7.10. The molecule has 0 saturated carbocycles. The van der Waals surface area contributed by atoms with Gasteiger partial charge in [-0.05, 0) is 41.2 Å². The molecular formula is C27H33NO2. The van der Waals surface area contributed by atoms with Crippen molar-refractivity contribution in [3.8, 4) is 5.75 Å². The Kier molecular flexibility index (Phi) is 5.94. The second-order valence-corrected chi connectivity index (χ2v) is 8.91. The molecule has 0 fully saturated rings. The lowest BCUT2D eigenvalue weighted by atomic mass is 9.48. The zero-order valence-corrected chi connectivity index (χ0v) is 18.9. The van der Waals surface area contributed by atoms with E-state index in [4.69, 9.17) is 10.5 Å². The van der Waals surface area contributed by atoms with Gasteiger partial charge in [-0.3, -0.25) is 4.79 Å². The maximum atomic E-state index is 13.3. The summed E-state index contributed by atoms with van der Waals surface area (Å²) < 4.78 is 5.84. The quantitative estimate of drug-likeness (QED) is 0.531. The third kappa shape index (κ3) is 2.99. The second-order valence-electron chi connectivity index (χ2n) is 8.91. The molecule has 0 bridgehead atoms. The molecule has 3 nitrogen and oxygen atoms in total. The van der Waals surface area contributed by atoms with Crippen LogP contribution in [0.4, 0.5) is 0 Å². The Hall–Kier alpha value is -2.81. The maximum Gasteiger partial charge on any atom is 0.224 e. The predicted octanol–water partition coefficient (Wildman–Crippen LogP) is 5.94. The van der Waals surface area contributed by atoms with E-state index in [0.717, 1.165) is 27.6 Å². The van der Waals surface area contributed by atoms with Gasteiger partial charge in [0.2, 0.25) is 5.91 Å². The van der Waals surface area contributed by atoms with Gasteiger partial charge in [0.15, 0.2) is 0 Å². The van der Waals surface area contributed by atoms with E-state index < -0.39 is 10.8 Å². The number of amides is 1. The molecule has 3 aromatic rings. The number of nitrogens with two attached hydrogens (primary N) is 1. The lowest BCUT2D eigenvalue weighted by Crippen LogP contribution is -2.58. The SMILES string of the molecule is COc1ccccc1C(c1cccc2ccccc12)(C(C)C)C(C)(C(N)=O)C(C)C. The minimum atomic E-state index is -0.861. The lowest BCUT2D eigenvalue weighted by molar-refractivity contribution is -0.134. The maximum absolute atomic E-state index is 13.3. The van der Waals surface area contributed by atoms with Crippen molar-refractivity contribution in [3.63, 3.8) is 0 Å². The van der Waals surface area contributed by atoms with Crippen LogP contribution in [0.3, 0.4) is 0 Å². The number of para-hydroxylation sites is 1. The van der Waals surface area contributed by atoms with Gasteiger partial charge in [0.1, 0.15) is 5.75 Å². The standard InChI is InChI=1S/C27H33NO2/c1-18(2)26(5,25(28)29)27(19(3)4,23-15-9-10-17-24(23)30-6)22-16-11-13-20-12-7-8-14-21(20)22/h7-19H,1-6H3,(H2,28,29). The summed E-state index contributed by atoms with van der Waals surface area (Å²) in [6, 6.07) is 22.7. The Morgan fingerprint density at radius 2 is 1.40 bits per heavy atom. The first kappa shape index (κ1) is 21.9. The van der Waals surface area contributed by atoms with Crippen LogP contribution in [0.25, 0.3) is 10.8 Å². The van der Waals surface area contributed by atoms with Crippen LogP contribution in [0, 0.1) is 17.3 Å². The number of carbonyl (C=O) groups is 1. The van der Waals surface area contributed by atoms with E-state index in [-0.39, 0.29) is 17.7 Å². The summed E-state index contributed by atoms with van der Waals surface area (Å²) in [4.78, 5) is 13.3. The van der Waals surface area contributed by atoms with Crippen LogP contribution in [-0.2, 0) is 10.2 Å². The Labute approximate surface area is 180 Å². The summed E-state index contributed by atoms with van der Waals surface area (Å²) in [6.07, 6.45) is 0.